The summed E-state index contributed by atoms with van der Waals surface area (Å²) in [6, 6.07) is -0.877. The van der Waals surface area contributed by atoms with Gasteiger partial charge in [-0.2, -0.15) is 0 Å². The molecule has 0 aliphatic rings. The smallest absolute Gasteiger partial charge is 0.326 e. The van der Waals surface area contributed by atoms with E-state index in [2.05, 4.69) is 15.3 Å². The molecular weight excluding hydrogens is 246 g/mol. The second-order valence-corrected chi connectivity index (χ2v) is 4.63. The number of aliphatic carboxylic acids is 1. The minimum atomic E-state index is -1.03. The molecule has 1 aromatic rings. The van der Waals surface area contributed by atoms with Crippen molar-refractivity contribution in [2.75, 3.05) is 0 Å². The van der Waals surface area contributed by atoms with Crippen molar-refractivity contribution in [3.8, 4) is 0 Å². The zero-order valence-corrected chi connectivity index (χ0v) is 11.4. The normalized spacial score (nSPS) is 12.2. The number of carbonyl (C=O) groups is 2. The molecule has 104 valence electrons. The molecule has 0 bridgehead atoms. The molecule has 0 saturated heterocycles. The fraction of sp³-hybridized carbons (Fsp3) is 0.538. The van der Waals surface area contributed by atoms with Crippen LogP contribution in [0.1, 0.15) is 55.6 Å². The van der Waals surface area contributed by atoms with Gasteiger partial charge in [-0.15, -0.1) is 0 Å². The fourth-order valence-corrected chi connectivity index (χ4v) is 1.76. The third kappa shape index (κ3) is 4.01. The van der Waals surface area contributed by atoms with Crippen molar-refractivity contribution in [1.82, 2.24) is 15.3 Å². The van der Waals surface area contributed by atoms with Crippen LogP contribution in [0.3, 0.4) is 0 Å². The molecular formula is C13H19N3O3. The monoisotopic (exact) mass is 265 g/mol. The largest absolute Gasteiger partial charge is 0.480 e. The van der Waals surface area contributed by atoms with E-state index in [-0.39, 0.29) is 5.92 Å². The lowest BCUT2D eigenvalue weighted by atomic mass is 10.0. The van der Waals surface area contributed by atoms with Gasteiger partial charge in [0.2, 0.25) is 0 Å². The predicted octanol–water partition coefficient (Wildman–Crippen LogP) is 1.58. The van der Waals surface area contributed by atoms with E-state index >= 15 is 0 Å². The molecule has 0 saturated carbocycles. The van der Waals surface area contributed by atoms with E-state index in [1.165, 1.54) is 12.5 Å². The average molecular weight is 265 g/mol. The van der Waals surface area contributed by atoms with Crippen molar-refractivity contribution in [3.05, 3.63) is 23.8 Å². The van der Waals surface area contributed by atoms with Crippen LogP contribution in [0.5, 0.6) is 0 Å². The molecule has 0 aliphatic heterocycles. The average Bonchev–Trinajstić information content (AvgIpc) is 2.37. The lowest BCUT2D eigenvalue weighted by Crippen LogP contribution is -2.41. The minimum Gasteiger partial charge on any atom is -0.480 e. The summed E-state index contributed by atoms with van der Waals surface area (Å²) in [4.78, 5) is 31.0. The summed E-state index contributed by atoms with van der Waals surface area (Å²) in [5.41, 5.74) is 0.952. The maximum atomic E-state index is 12.1. The number of aromatic nitrogens is 2. The van der Waals surface area contributed by atoms with E-state index in [9.17, 15) is 9.59 Å². The molecule has 0 radical (unpaired) electrons. The van der Waals surface area contributed by atoms with Crippen molar-refractivity contribution in [2.45, 2.75) is 45.6 Å². The number of rotatable bonds is 6. The van der Waals surface area contributed by atoms with Crippen molar-refractivity contribution in [1.29, 1.82) is 0 Å². The number of nitrogens with zero attached hydrogens (tertiary/aromatic N) is 2. The second kappa shape index (κ2) is 6.82. The van der Waals surface area contributed by atoms with Crippen molar-refractivity contribution in [2.24, 2.45) is 0 Å². The van der Waals surface area contributed by atoms with Crippen LogP contribution in [-0.4, -0.2) is 33.0 Å². The van der Waals surface area contributed by atoms with E-state index in [0.29, 0.717) is 24.1 Å². The SMILES string of the molecule is CCCC(NC(=O)c1cncnc1C(C)C)C(=O)O. The first-order valence-electron chi connectivity index (χ1n) is 6.30. The molecule has 1 unspecified atom stereocenters. The Labute approximate surface area is 112 Å². The molecule has 0 aromatic carbocycles. The summed E-state index contributed by atoms with van der Waals surface area (Å²) >= 11 is 0. The Hall–Kier alpha value is -1.98. The number of nitrogens with one attached hydrogen (secondary N) is 1. The highest BCUT2D eigenvalue weighted by Gasteiger charge is 2.22. The van der Waals surface area contributed by atoms with Crippen LogP contribution >= 0.6 is 0 Å². The quantitative estimate of drug-likeness (QED) is 0.814. The highest BCUT2D eigenvalue weighted by molar-refractivity contribution is 5.97. The third-order valence-electron chi connectivity index (χ3n) is 2.72. The summed E-state index contributed by atoms with van der Waals surface area (Å²) in [6.07, 6.45) is 3.88. The maximum absolute atomic E-state index is 12.1. The Morgan fingerprint density at radius 2 is 2.11 bits per heavy atom. The van der Waals surface area contributed by atoms with Gasteiger partial charge in [0, 0.05) is 6.20 Å². The number of hydrogen-bond donors (Lipinski definition) is 2. The fourth-order valence-electron chi connectivity index (χ4n) is 1.76. The lowest BCUT2D eigenvalue weighted by Gasteiger charge is -2.15. The summed E-state index contributed by atoms with van der Waals surface area (Å²) in [5.74, 6) is -1.40. The van der Waals surface area contributed by atoms with Crippen molar-refractivity contribution >= 4 is 11.9 Å². The van der Waals surface area contributed by atoms with Gasteiger partial charge in [-0.25, -0.2) is 14.8 Å². The molecule has 0 aliphatic carbocycles. The summed E-state index contributed by atoms with van der Waals surface area (Å²) in [5, 5.41) is 11.5. The lowest BCUT2D eigenvalue weighted by molar-refractivity contribution is -0.139. The standard InChI is InChI=1S/C13H19N3O3/c1-4-5-10(13(18)19)16-12(17)9-6-14-7-15-11(9)8(2)3/h6-8,10H,4-5H2,1-3H3,(H,16,17)(H,18,19). The number of amides is 1. The molecule has 0 fully saturated rings. The van der Waals surface area contributed by atoms with Gasteiger partial charge in [0.05, 0.1) is 11.3 Å². The molecule has 6 heteroatoms. The summed E-state index contributed by atoms with van der Waals surface area (Å²) < 4.78 is 0. The molecule has 1 amide bonds. The molecule has 0 spiro atoms. The van der Waals surface area contributed by atoms with Crippen LogP contribution in [0.25, 0.3) is 0 Å². The van der Waals surface area contributed by atoms with Crippen LogP contribution in [0.15, 0.2) is 12.5 Å². The molecule has 1 atom stereocenters. The Morgan fingerprint density at radius 1 is 1.42 bits per heavy atom. The van der Waals surface area contributed by atoms with E-state index in [4.69, 9.17) is 5.11 Å². The van der Waals surface area contributed by atoms with Gasteiger partial charge >= 0.3 is 5.97 Å². The van der Waals surface area contributed by atoms with E-state index in [1.807, 2.05) is 20.8 Å². The van der Waals surface area contributed by atoms with Gasteiger partial charge < -0.3 is 10.4 Å². The van der Waals surface area contributed by atoms with Gasteiger partial charge in [-0.1, -0.05) is 27.2 Å². The predicted molar refractivity (Wildman–Crippen MR) is 69.9 cm³/mol. The summed E-state index contributed by atoms with van der Waals surface area (Å²) in [6.45, 7) is 5.70. The van der Waals surface area contributed by atoms with Gasteiger partial charge in [0.1, 0.15) is 12.4 Å². The van der Waals surface area contributed by atoms with E-state index < -0.39 is 17.9 Å². The molecule has 2 N–H and O–H groups in total. The first-order chi connectivity index (χ1) is 8.97. The number of hydrogen-bond acceptors (Lipinski definition) is 4. The topological polar surface area (TPSA) is 92.2 Å². The van der Waals surface area contributed by atoms with Gasteiger partial charge in [-0.3, -0.25) is 4.79 Å². The van der Waals surface area contributed by atoms with Crippen molar-refractivity contribution < 1.29 is 14.7 Å². The highest BCUT2D eigenvalue weighted by atomic mass is 16.4. The van der Waals surface area contributed by atoms with Gasteiger partial charge in [0.25, 0.3) is 5.91 Å². The van der Waals surface area contributed by atoms with E-state index in [0.717, 1.165) is 0 Å². The van der Waals surface area contributed by atoms with Crippen LogP contribution in [-0.2, 0) is 4.79 Å². The zero-order valence-electron chi connectivity index (χ0n) is 11.4. The van der Waals surface area contributed by atoms with Crippen LogP contribution in [0.2, 0.25) is 0 Å². The molecule has 1 heterocycles. The Morgan fingerprint density at radius 3 is 2.63 bits per heavy atom. The number of carboxylic acids is 1. The molecule has 1 rings (SSSR count). The molecule has 1 aromatic heterocycles. The number of carbonyl (C=O) groups excluding carboxylic acids is 1. The number of carboxylic acid groups (broad SMARTS) is 1. The minimum absolute atomic E-state index is 0.0678. The van der Waals surface area contributed by atoms with Gasteiger partial charge in [0.15, 0.2) is 0 Å². The second-order valence-electron chi connectivity index (χ2n) is 4.63. The third-order valence-corrected chi connectivity index (χ3v) is 2.72. The maximum Gasteiger partial charge on any atom is 0.326 e. The Balaban J connectivity index is 2.91. The first kappa shape index (κ1) is 15.1. The van der Waals surface area contributed by atoms with E-state index in [1.54, 1.807) is 0 Å². The van der Waals surface area contributed by atoms with Crippen LogP contribution < -0.4 is 5.32 Å². The first-order valence-corrected chi connectivity index (χ1v) is 6.30. The summed E-state index contributed by atoms with van der Waals surface area (Å²) in [7, 11) is 0. The molecule has 19 heavy (non-hydrogen) atoms. The molecule has 6 nitrogen and oxygen atoms in total. The van der Waals surface area contributed by atoms with Crippen LogP contribution in [0.4, 0.5) is 0 Å². The Bertz CT molecular complexity index is 460. The van der Waals surface area contributed by atoms with Crippen molar-refractivity contribution in [3.63, 3.8) is 0 Å². The Kier molecular flexibility index (Phi) is 5.41. The van der Waals surface area contributed by atoms with Crippen LogP contribution in [0, 0.1) is 0 Å². The van der Waals surface area contributed by atoms with Gasteiger partial charge in [-0.05, 0) is 12.3 Å². The highest BCUT2D eigenvalue weighted by Crippen LogP contribution is 2.15. The zero-order chi connectivity index (χ0) is 14.4.